The molecule has 0 spiro atoms. The number of carboxylic acids is 1. The summed E-state index contributed by atoms with van der Waals surface area (Å²) < 4.78 is 6.39. The molecular formula is C15H9BrN2O3. The molecule has 2 aromatic carbocycles. The second kappa shape index (κ2) is 5.49. The molecule has 0 atom stereocenters. The van der Waals surface area contributed by atoms with Crippen LogP contribution in [0.25, 0.3) is 10.8 Å². The molecule has 0 saturated heterocycles. The van der Waals surface area contributed by atoms with Crippen LogP contribution in [-0.4, -0.2) is 21.0 Å². The van der Waals surface area contributed by atoms with E-state index in [1.54, 1.807) is 6.07 Å². The summed E-state index contributed by atoms with van der Waals surface area (Å²) in [5.41, 5.74) is 0.0138. The number of aromatic carboxylic acids is 1. The number of rotatable bonds is 3. The Morgan fingerprint density at radius 2 is 1.81 bits per heavy atom. The lowest BCUT2D eigenvalue weighted by Gasteiger charge is -2.08. The molecule has 1 N–H and O–H groups in total. The number of nitrogens with zero attached hydrogens (tertiary/aromatic N) is 2. The zero-order valence-corrected chi connectivity index (χ0v) is 12.2. The Bertz CT molecular complexity index is 819. The molecule has 0 amide bonds. The second-order valence-electron chi connectivity index (χ2n) is 4.26. The first-order valence-corrected chi connectivity index (χ1v) is 6.85. The van der Waals surface area contributed by atoms with Gasteiger partial charge < -0.3 is 9.84 Å². The van der Waals surface area contributed by atoms with E-state index in [1.807, 2.05) is 30.3 Å². The lowest BCUT2D eigenvalue weighted by Crippen LogP contribution is -2.00. The van der Waals surface area contributed by atoms with E-state index in [4.69, 9.17) is 9.84 Å². The number of hydrogen-bond acceptors (Lipinski definition) is 4. The maximum atomic E-state index is 10.7. The van der Waals surface area contributed by atoms with Crippen LogP contribution in [0.5, 0.6) is 11.8 Å². The lowest BCUT2D eigenvalue weighted by molar-refractivity contribution is 0.0696. The predicted molar refractivity (Wildman–Crippen MR) is 80.7 cm³/mol. The minimum atomic E-state index is -1.08. The molecule has 1 aromatic heterocycles. The Hall–Kier alpha value is -2.47. The van der Waals surface area contributed by atoms with Crippen LogP contribution < -0.4 is 4.74 Å². The van der Waals surface area contributed by atoms with Gasteiger partial charge in [0.1, 0.15) is 5.75 Å². The predicted octanol–water partition coefficient (Wildman–Crippen LogP) is 3.88. The molecule has 0 saturated carbocycles. The topological polar surface area (TPSA) is 72.3 Å². The van der Waals surface area contributed by atoms with Gasteiger partial charge in [0.2, 0.25) is 0 Å². The van der Waals surface area contributed by atoms with Crippen LogP contribution >= 0.6 is 15.9 Å². The Morgan fingerprint density at radius 3 is 2.52 bits per heavy atom. The molecular weight excluding hydrogens is 336 g/mol. The summed E-state index contributed by atoms with van der Waals surface area (Å²) in [7, 11) is 0. The highest BCUT2D eigenvalue weighted by molar-refractivity contribution is 9.10. The molecule has 0 aliphatic heterocycles. The highest BCUT2D eigenvalue weighted by atomic mass is 79.9. The van der Waals surface area contributed by atoms with Crippen molar-refractivity contribution in [3.8, 4) is 11.8 Å². The zero-order valence-electron chi connectivity index (χ0n) is 10.7. The monoisotopic (exact) mass is 344 g/mol. The van der Waals surface area contributed by atoms with Crippen LogP contribution in [0.3, 0.4) is 0 Å². The highest BCUT2D eigenvalue weighted by Gasteiger charge is 2.10. The normalized spacial score (nSPS) is 10.5. The number of carboxylic acid groups (broad SMARTS) is 1. The molecule has 0 radical (unpaired) electrons. The Morgan fingerprint density at radius 1 is 1.10 bits per heavy atom. The van der Waals surface area contributed by atoms with Crippen molar-refractivity contribution >= 4 is 32.7 Å². The number of carbonyl (C=O) groups is 1. The van der Waals surface area contributed by atoms with Gasteiger partial charge in [-0.2, -0.15) is 0 Å². The van der Waals surface area contributed by atoms with Crippen molar-refractivity contribution in [1.29, 1.82) is 0 Å². The fraction of sp³-hybridized carbons (Fsp3) is 0. The summed E-state index contributed by atoms with van der Waals surface area (Å²) >= 11 is 3.50. The third-order valence-electron chi connectivity index (χ3n) is 2.90. The Labute approximate surface area is 128 Å². The molecule has 21 heavy (non-hydrogen) atoms. The van der Waals surface area contributed by atoms with Crippen LogP contribution in [0, 0.1) is 0 Å². The molecule has 0 aliphatic carbocycles. The second-order valence-corrected chi connectivity index (χ2v) is 5.05. The number of benzene rings is 2. The lowest BCUT2D eigenvalue weighted by atomic mass is 10.1. The van der Waals surface area contributed by atoms with E-state index >= 15 is 0 Å². The fourth-order valence-electron chi connectivity index (χ4n) is 1.87. The molecule has 0 unspecified atom stereocenters. The SMILES string of the molecule is O=C(O)c1cnc(Oc2ccc3ccccc3c2Br)nc1. The molecule has 0 aliphatic rings. The maximum Gasteiger partial charge on any atom is 0.338 e. The highest BCUT2D eigenvalue weighted by Crippen LogP contribution is 2.34. The van der Waals surface area contributed by atoms with Gasteiger partial charge in [0.15, 0.2) is 0 Å². The van der Waals surface area contributed by atoms with Gasteiger partial charge in [-0.1, -0.05) is 30.3 Å². The zero-order chi connectivity index (χ0) is 14.8. The first-order valence-electron chi connectivity index (χ1n) is 6.05. The third-order valence-corrected chi connectivity index (χ3v) is 3.72. The van der Waals surface area contributed by atoms with Crippen molar-refractivity contribution in [1.82, 2.24) is 9.97 Å². The van der Waals surface area contributed by atoms with E-state index < -0.39 is 5.97 Å². The minimum absolute atomic E-state index is 0.0138. The molecule has 1 heterocycles. The number of aromatic nitrogens is 2. The van der Waals surface area contributed by atoms with Gasteiger partial charge in [0.05, 0.1) is 10.0 Å². The van der Waals surface area contributed by atoms with Crippen LogP contribution in [0.15, 0.2) is 53.3 Å². The summed E-state index contributed by atoms with van der Waals surface area (Å²) in [6, 6.07) is 11.7. The molecule has 0 fully saturated rings. The molecule has 0 bridgehead atoms. The summed E-state index contributed by atoms with van der Waals surface area (Å²) in [6.45, 7) is 0. The maximum absolute atomic E-state index is 10.7. The first kappa shape index (κ1) is 13.5. The van der Waals surface area contributed by atoms with Crippen LogP contribution in [-0.2, 0) is 0 Å². The van der Waals surface area contributed by atoms with Crippen molar-refractivity contribution in [3.05, 3.63) is 58.8 Å². The first-order chi connectivity index (χ1) is 10.1. The van der Waals surface area contributed by atoms with E-state index in [-0.39, 0.29) is 11.6 Å². The standard InChI is InChI=1S/C15H9BrN2O3/c16-13-11-4-2-1-3-9(11)5-6-12(13)21-15-17-7-10(8-18-15)14(19)20/h1-8H,(H,19,20). The third kappa shape index (κ3) is 2.71. The number of halogens is 1. The summed E-state index contributed by atoms with van der Waals surface area (Å²) in [4.78, 5) is 18.5. The quantitative estimate of drug-likeness (QED) is 0.780. The molecule has 104 valence electrons. The van der Waals surface area contributed by atoms with Crippen LogP contribution in [0.2, 0.25) is 0 Å². The van der Waals surface area contributed by atoms with Gasteiger partial charge in [-0.25, -0.2) is 14.8 Å². The van der Waals surface area contributed by atoms with E-state index in [1.165, 1.54) is 12.4 Å². The number of fused-ring (bicyclic) bond motifs is 1. The molecule has 5 nitrogen and oxygen atoms in total. The Kier molecular flexibility index (Phi) is 3.53. The smallest absolute Gasteiger partial charge is 0.338 e. The summed E-state index contributed by atoms with van der Waals surface area (Å²) in [5.74, 6) is -0.509. The average Bonchev–Trinajstić information content (AvgIpc) is 2.51. The number of ether oxygens (including phenoxy) is 1. The van der Waals surface area contributed by atoms with Crippen molar-refractivity contribution in [2.45, 2.75) is 0 Å². The van der Waals surface area contributed by atoms with Crippen molar-refractivity contribution in [2.24, 2.45) is 0 Å². The van der Waals surface area contributed by atoms with E-state index in [2.05, 4.69) is 25.9 Å². The van der Waals surface area contributed by atoms with Gasteiger partial charge in [-0.3, -0.25) is 0 Å². The molecule has 3 rings (SSSR count). The van der Waals surface area contributed by atoms with E-state index in [0.29, 0.717) is 5.75 Å². The van der Waals surface area contributed by atoms with Gasteiger partial charge in [-0.05, 0) is 32.8 Å². The van der Waals surface area contributed by atoms with Gasteiger partial charge >= 0.3 is 12.0 Å². The summed E-state index contributed by atoms with van der Waals surface area (Å²) in [6.07, 6.45) is 2.42. The summed E-state index contributed by atoms with van der Waals surface area (Å²) in [5, 5.41) is 10.9. The fourth-order valence-corrected chi connectivity index (χ4v) is 2.44. The van der Waals surface area contributed by atoms with Crippen LogP contribution in [0.1, 0.15) is 10.4 Å². The molecule has 3 aromatic rings. The molecule has 6 heteroatoms. The van der Waals surface area contributed by atoms with Crippen molar-refractivity contribution in [3.63, 3.8) is 0 Å². The van der Waals surface area contributed by atoms with Gasteiger partial charge in [0.25, 0.3) is 0 Å². The largest absolute Gasteiger partial charge is 0.478 e. The average molecular weight is 345 g/mol. The van der Waals surface area contributed by atoms with E-state index in [9.17, 15) is 4.79 Å². The number of hydrogen-bond donors (Lipinski definition) is 1. The Balaban J connectivity index is 1.94. The van der Waals surface area contributed by atoms with Crippen molar-refractivity contribution < 1.29 is 14.6 Å². The minimum Gasteiger partial charge on any atom is -0.478 e. The van der Waals surface area contributed by atoms with Gasteiger partial charge in [0, 0.05) is 12.4 Å². The van der Waals surface area contributed by atoms with E-state index in [0.717, 1.165) is 15.2 Å². The van der Waals surface area contributed by atoms with Crippen LogP contribution in [0.4, 0.5) is 0 Å². The van der Waals surface area contributed by atoms with Crippen molar-refractivity contribution in [2.75, 3.05) is 0 Å². The van der Waals surface area contributed by atoms with Gasteiger partial charge in [-0.15, -0.1) is 0 Å².